The fourth-order valence-electron chi connectivity index (χ4n) is 2.00. The van der Waals surface area contributed by atoms with Crippen LogP contribution in [0.25, 0.3) is 0 Å². The van der Waals surface area contributed by atoms with Crippen molar-refractivity contribution < 1.29 is 9.53 Å². The Kier molecular flexibility index (Phi) is 7.54. The molecule has 1 rings (SSSR count). The summed E-state index contributed by atoms with van der Waals surface area (Å²) in [5.41, 5.74) is 0.965. The van der Waals surface area contributed by atoms with Gasteiger partial charge in [0.15, 0.2) is 6.10 Å². The molecule has 0 spiro atoms. The molecule has 0 heterocycles. The third kappa shape index (κ3) is 5.56. The number of likely N-dealkylation sites (N-methyl/N-ethyl adjacent to an activating group) is 1. The molecule has 0 aliphatic carbocycles. The van der Waals surface area contributed by atoms with E-state index >= 15 is 0 Å². The third-order valence-corrected chi connectivity index (χ3v) is 3.40. The van der Waals surface area contributed by atoms with E-state index in [9.17, 15) is 4.79 Å². The van der Waals surface area contributed by atoms with Crippen molar-refractivity contribution in [1.29, 1.82) is 0 Å². The first-order valence-electron chi connectivity index (χ1n) is 7.46. The van der Waals surface area contributed by atoms with Crippen molar-refractivity contribution in [1.82, 2.24) is 10.6 Å². The van der Waals surface area contributed by atoms with Crippen LogP contribution in [0.1, 0.15) is 45.7 Å². The molecule has 0 bridgehead atoms. The van der Waals surface area contributed by atoms with Crippen molar-refractivity contribution in [2.24, 2.45) is 0 Å². The van der Waals surface area contributed by atoms with Crippen LogP contribution in [0.3, 0.4) is 0 Å². The molecule has 0 aliphatic rings. The number of hydrogen-bond acceptors (Lipinski definition) is 3. The zero-order chi connectivity index (χ0) is 15.8. The Morgan fingerprint density at radius 2 is 2.05 bits per heavy atom. The molecule has 1 aromatic carbocycles. The fourth-order valence-corrected chi connectivity index (χ4v) is 2.18. The van der Waals surface area contributed by atoms with Gasteiger partial charge in [-0.15, -0.1) is 0 Å². The Bertz CT molecular complexity index is 466. The van der Waals surface area contributed by atoms with E-state index in [1.165, 1.54) is 0 Å². The van der Waals surface area contributed by atoms with E-state index in [4.69, 9.17) is 16.3 Å². The van der Waals surface area contributed by atoms with Crippen molar-refractivity contribution in [2.45, 2.75) is 46.3 Å². The summed E-state index contributed by atoms with van der Waals surface area (Å²) in [5.74, 6) is 0.571. The Morgan fingerprint density at radius 1 is 1.33 bits per heavy atom. The van der Waals surface area contributed by atoms with Crippen LogP contribution in [0, 0.1) is 0 Å². The van der Waals surface area contributed by atoms with Gasteiger partial charge in [0.1, 0.15) is 5.75 Å². The van der Waals surface area contributed by atoms with Crippen molar-refractivity contribution in [3.63, 3.8) is 0 Å². The second-order valence-corrected chi connectivity index (χ2v) is 5.45. The minimum absolute atomic E-state index is 0.111. The van der Waals surface area contributed by atoms with Gasteiger partial charge in [0.2, 0.25) is 0 Å². The summed E-state index contributed by atoms with van der Waals surface area (Å²) < 4.78 is 5.81. The van der Waals surface area contributed by atoms with Crippen LogP contribution in [0.2, 0.25) is 5.02 Å². The molecule has 21 heavy (non-hydrogen) atoms. The lowest BCUT2D eigenvalue weighted by Crippen LogP contribution is -2.36. The van der Waals surface area contributed by atoms with Gasteiger partial charge in [-0.2, -0.15) is 0 Å². The summed E-state index contributed by atoms with van der Waals surface area (Å²) in [6.45, 7) is 9.31. The van der Waals surface area contributed by atoms with Crippen LogP contribution < -0.4 is 15.4 Å². The molecule has 5 heteroatoms. The number of benzene rings is 1. The van der Waals surface area contributed by atoms with Gasteiger partial charge in [0, 0.05) is 23.2 Å². The van der Waals surface area contributed by atoms with E-state index in [0.717, 1.165) is 18.5 Å². The number of halogens is 1. The first kappa shape index (κ1) is 17.8. The molecule has 2 atom stereocenters. The van der Waals surface area contributed by atoms with Crippen molar-refractivity contribution in [3.8, 4) is 5.75 Å². The number of nitrogens with one attached hydrogen (secondary N) is 2. The standard InChI is InChI=1S/C16H25ClN2O2/c1-5-9-19-11(3)14-10-13(17)7-8-15(14)21-12(4)16(20)18-6-2/h7-8,10-12,19H,5-6,9H2,1-4H3,(H,18,20). The van der Waals surface area contributed by atoms with E-state index in [2.05, 4.69) is 24.5 Å². The maximum Gasteiger partial charge on any atom is 0.260 e. The molecule has 0 saturated heterocycles. The molecule has 4 nitrogen and oxygen atoms in total. The van der Waals surface area contributed by atoms with Gasteiger partial charge in [-0.3, -0.25) is 4.79 Å². The Hall–Kier alpha value is -1.26. The number of ether oxygens (including phenoxy) is 1. The summed E-state index contributed by atoms with van der Waals surface area (Å²) in [6, 6.07) is 5.59. The second-order valence-electron chi connectivity index (χ2n) is 5.01. The van der Waals surface area contributed by atoms with Crippen LogP contribution in [0.15, 0.2) is 18.2 Å². The van der Waals surface area contributed by atoms with Gasteiger partial charge in [0.05, 0.1) is 0 Å². The number of hydrogen-bond donors (Lipinski definition) is 2. The normalized spacial score (nSPS) is 13.6. The molecule has 2 unspecified atom stereocenters. The molecule has 1 aromatic rings. The lowest BCUT2D eigenvalue weighted by Gasteiger charge is -2.21. The highest BCUT2D eigenvalue weighted by atomic mass is 35.5. The topological polar surface area (TPSA) is 50.4 Å². The number of rotatable bonds is 8. The van der Waals surface area contributed by atoms with Gasteiger partial charge >= 0.3 is 0 Å². The van der Waals surface area contributed by atoms with Crippen molar-refractivity contribution >= 4 is 17.5 Å². The molecule has 0 fully saturated rings. The molecule has 1 amide bonds. The number of amides is 1. The third-order valence-electron chi connectivity index (χ3n) is 3.16. The van der Waals surface area contributed by atoms with Crippen LogP contribution in [0.4, 0.5) is 0 Å². The highest BCUT2D eigenvalue weighted by molar-refractivity contribution is 6.30. The summed E-state index contributed by atoms with van der Waals surface area (Å²) >= 11 is 6.08. The Morgan fingerprint density at radius 3 is 2.67 bits per heavy atom. The Balaban J connectivity index is 2.88. The van der Waals surface area contributed by atoms with Gasteiger partial charge < -0.3 is 15.4 Å². The lowest BCUT2D eigenvalue weighted by molar-refractivity contribution is -0.127. The summed E-state index contributed by atoms with van der Waals surface area (Å²) in [4.78, 5) is 11.8. The van der Waals surface area contributed by atoms with Crippen molar-refractivity contribution in [3.05, 3.63) is 28.8 Å². The maximum atomic E-state index is 11.8. The average Bonchev–Trinajstić information content (AvgIpc) is 2.46. The molecular formula is C16H25ClN2O2. The quantitative estimate of drug-likeness (QED) is 0.774. The largest absolute Gasteiger partial charge is 0.481 e. The fraction of sp³-hybridized carbons (Fsp3) is 0.562. The van der Waals surface area contributed by atoms with E-state index in [1.54, 1.807) is 13.0 Å². The zero-order valence-corrected chi connectivity index (χ0v) is 14.0. The highest BCUT2D eigenvalue weighted by Crippen LogP contribution is 2.29. The molecule has 0 radical (unpaired) electrons. The highest BCUT2D eigenvalue weighted by Gasteiger charge is 2.18. The van der Waals surface area contributed by atoms with Gasteiger partial charge in [-0.25, -0.2) is 0 Å². The van der Waals surface area contributed by atoms with E-state index in [0.29, 0.717) is 17.3 Å². The zero-order valence-electron chi connectivity index (χ0n) is 13.2. The van der Waals surface area contributed by atoms with E-state index in [-0.39, 0.29) is 11.9 Å². The molecule has 0 aliphatic heterocycles. The monoisotopic (exact) mass is 312 g/mol. The second kappa shape index (κ2) is 8.90. The first-order chi connectivity index (χ1) is 9.99. The SMILES string of the molecule is CCCNC(C)c1cc(Cl)ccc1OC(C)C(=O)NCC. The summed E-state index contributed by atoms with van der Waals surface area (Å²) in [7, 11) is 0. The summed E-state index contributed by atoms with van der Waals surface area (Å²) in [5, 5.41) is 6.82. The Labute approximate surface area is 132 Å². The molecular weight excluding hydrogens is 288 g/mol. The number of carbonyl (C=O) groups is 1. The predicted molar refractivity (Wildman–Crippen MR) is 86.9 cm³/mol. The van der Waals surface area contributed by atoms with E-state index < -0.39 is 6.10 Å². The minimum atomic E-state index is -0.539. The van der Waals surface area contributed by atoms with Crippen molar-refractivity contribution in [2.75, 3.05) is 13.1 Å². The van der Waals surface area contributed by atoms with Crippen LogP contribution in [-0.2, 0) is 4.79 Å². The summed E-state index contributed by atoms with van der Waals surface area (Å²) in [6.07, 6.45) is 0.513. The maximum absolute atomic E-state index is 11.8. The molecule has 2 N–H and O–H groups in total. The van der Waals surface area contributed by atoms with Crippen LogP contribution in [0.5, 0.6) is 5.75 Å². The minimum Gasteiger partial charge on any atom is -0.481 e. The average molecular weight is 313 g/mol. The lowest BCUT2D eigenvalue weighted by atomic mass is 10.1. The smallest absolute Gasteiger partial charge is 0.260 e. The molecule has 0 saturated carbocycles. The van der Waals surface area contributed by atoms with Crippen LogP contribution >= 0.6 is 11.6 Å². The number of carbonyl (C=O) groups excluding carboxylic acids is 1. The first-order valence-corrected chi connectivity index (χ1v) is 7.84. The molecule has 118 valence electrons. The van der Waals surface area contributed by atoms with Gasteiger partial charge in [-0.05, 0) is 51.9 Å². The van der Waals surface area contributed by atoms with Gasteiger partial charge in [-0.1, -0.05) is 18.5 Å². The van der Waals surface area contributed by atoms with Crippen LogP contribution in [-0.4, -0.2) is 25.1 Å². The predicted octanol–water partition coefficient (Wildman–Crippen LogP) is 3.30. The van der Waals surface area contributed by atoms with E-state index in [1.807, 2.05) is 19.1 Å². The molecule has 0 aromatic heterocycles. The van der Waals surface area contributed by atoms with Gasteiger partial charge in [0.25, 0.3) is 5.91 Å².